The highest BCUT2D eigenvalue weighted by Crippen LogP contribution is 2.18. The first-order valence-corrected chi connectivity index (χ1v) is 7.04. The molecule has 0 saturated carbocycles. The quantitative estimate of drug-likeness (QED) is 0.791. The third-order valence-corrected chi connectivity index (χ3v) is 3.35. The lowest BCUT2D eigenvalue weighted by Gasteiger charge is -2.17. The van der Waals surface area contributed by atoms with Crippen molar-refractivity contribution in [2.75, 3.05) is 6.61 Å². The van der Waals surface area contributed by atoms with E-state index in [0.717, 1.165) is 12.0 Å². The predicted octanol–water partition coefficient (Wildman–Crippen LogP) is 3.04. The Balaban J connectivity index is 0.00000484. The molecule has 1 aromatic rings. The fourth-order valence-corrected chi connectivity index (χ4v) is 1.69. The number of carbonyl (C=O) groups is 1. The van der Waals surface area contributed by atoms with E-state index in [1.165, 1.54) is 12.1 Å². The van der Waals surface area contributed by atoms with Crippen molar-refractivity contribution in [1.82, 2.24) is 5.32 Å². The van der Waals surface area contributed by atoms with E-state index in [2.05, 4.69) is 10.1 Å². The summed E-state index contributed by atoms with van der Waals surface area (Å²) in [4.78, 5) is 11.8. The number of nitrogens with two attached hydrogens (primary N) is 1. The molecule has 0 aliphatic heterocycles. The molecule has 0 spiro atoms. The zero-order chi connectivity index (χ0) is 16.8. The normalized spacial score (nSPS) is 13.7. The van der Waals surface area contributed by atoms with Crippen molar-refractivity contribution >= 4 is 18.3 Å². The van der Waals surface area contributed by atoms with Crippen LogP contribution in [-0.4, -0.2) is 24.7 Å². The van der Waals surface area contributed by atoms with Crippen molar-refractivity contribution < 1.29 is 22.7 Å². The van der Waals surface area contributed by atoms with Gasteiger partial charge in [0.1, 0.15) is 5.75 Å². The molecule has 0 radical (unpaired) electrons. The largest absolute Gasteiger partial charge is 0.484 e. The summed E-state index contributed by atoms with van der Waals surface area (Å²) in [5.41, 5.74) is 6.55. The molecular weight excluding hydrogens is 333 g/mol. The highest BCUT2D eigenvalue weighted by atomic mass is 35.5. The maximum absolute atomic E-state index is 12.0. The molecule has 0 heterocycles. The second kappa shape index (κ2) is 9.62. The van der Waals surface area contributed by atoms with Crippen molar-refractivity contribution in [2.24, 2.45) is 11.7 Å². The van der Waals surface area contributed by atoms with Gasteiger partial charge in [0.15, 0.2) is 6.61 Å². The first kappa shape index (κ1) is 21.5. The Hall–Kier alpha value is -1.47. The number of ether oxygens (including phenoxy) is 1. The van der Waals surface area contributed by atoms with Gasteiger partial charge in [-0.05, 0) is 23.6 Å². The van der Waals surface area contributed by atoms with Crippen molar-refractivity contribution in [3.63, 3.8) is 0 Å². The van der Waals surface area contributed by atoms with E-state index in [4.69, 9.17) is 5.73 Å². The number of halogens is 4. The summed E-state index contributed by atoms with van der Waals surface area (Å²) in [6, 6.07) is 5.49. The molecule has 0 aliphatic carbocycles. The second-order valence-corrected chi connectivity index (χ2v) is 5.18. The Morgan fingerprint density at radius 3 is 2.35 bits per heavy atom. The predicted molar refractivity (Wildman–Crippen MR) is 84.5 cm³/mol. The van der Waals surface area contributed by atoms with Gasteiger partial charge in [-0.1, -0.05) is 32.4 Å². The Kier molecular flexibility index (Phi) is 9.01. The summed E-state index contributed by atoms with van der Waals surface area (Å²) in [6.45, 7) is 2.80. The average Bonchev–Trinajstić information content (AvgIpc) is 2.49. The standard InChI is InChI=1S/C15H21F3N2O2.ClH/c1-3-10(2)13(19)14(21)20-8-11-4-6-12(7-5-11)22-9-15(16,17)18;/h4-7,10,13H,3,8-9,19H2,1-2H3,(H,20,21);1H. The molecule has 0 aromatic heterocycles. The van der Waals surface area contributed by atoms with Crippen LogP contribution in [0.5, 0.6) is 5.75 Å². The Labute approximate surface area is 140 Å². The van der Waals surface area contributed by atoms with Gasteiger partial charge < -0.3 is 15.8 Å². The topological polar surface area (TPSA) is 64.4 Å². The zero-order valence-electron chi connectivity index (χ0n) is 13.0. The number of carbonyl (C=O) groups excluding carboxylic acids is 1. The molecule has 23 heavy (non-hydrogen) atoms. The van der Waals surface area contributed by atoms with E-state index in [9.17, 15) is 18.0 Å². The molecule has 0 aliphatic rings. The number of nitrogens with one attached hydrogen (secondary N) is 1. The zero-order valence-corrected chi connectivity index (χ0v) is 13.8. The molecule has 4 nitrogen and oxygen atoms in total. The van der Waals surface area contributed by atoms with Crippen LogP contribution in [0.3, 0.4) is 0 Å². The van der Waals surface area contributed by atoms with Crippen LogP contribution < -0.4 is 15.8 Å². The van der Waals surface area contributed by atoms with Crippen LogP contribution >= 0.6 is 12.4 Å². The fourth-order valence-electron chi connectivity index (χ4n) is 1.69. The lowest BCUT2D eigenvalue weighted by atomic mass is 9.99. The van der Waals surface area contributed by atoms with Crippen LogP contribution in [0.4, 0.5) is 13.2 Å². The minimum absolute atomic E-state index is 0. The molecule has 0 fully saturated rings. The average molecular weight is 355 g/mol. The van der Waals surface area contributed by atoms with E-state index in [-0.39, 0.29) is 36.5 Å². The lowest BCUT2D eigenvalue weighted by molar-refractivity contribution is -0.153. The lowest BCUT2D eigenvalue weighted by Crippen LogP contribution is -2.44. The van der Waals surface area contributed by atoms with Crippen molar-refractivity contribution in [2.45, 2.75) is 39.0 Å². The summed E-state index contributed by atoms with van der Waals surface area (Å²) >= 11 is 0. The number of alkyl halides is 3. The van der Waals surface area contributed by atoms with Crippen molar-refractivity contribution in [1.29, 1.82) is 0 Å². The van der Waals surface area contributed by atoms with Crippen LogP contribution in [0.15, 0.2) is 24.3 Å². The van der Waals surface area contributed by atoms with Crippen molar-refractivity contribution in [3.05, 3.63) is 29.8 Å². The summed E-state index contributed by atoms with van der Waals surface area (Å²) in [5, 5.41) is 2.70. The monoisotopic (exact) mass is 354 g/mol. The number of benzene rings is 1. The highest BCUT2D eigenvalue weighted by Gasteiger charge is 2.28. The number of hydrogen-bond donors (Lipinski definition) is 2. The van der Waals surface area contributed by atoms with Gasteiger partial charge >= 0.3 is 6.18 Å². The van der Waals surface area contributed by atoms with E-state index >= 15 is 0 Å². The maximum atomic E-state index is 12.0. The molecule has 1 aromatic carbocycles. The Morgan fingerprint density at radius 1 is 1.30 bits per heavy atom. The molecule has 132 valence electrons. The van der Waals surface area contributed by atoms with Crippen LogP contribution in [0.1, 0.15) is 25.8 Å². The van der Waals surface area contributed by atoms with E-state index in [1.807, 2.05) is 13.8 Å². The number of hydrogen-bond acceptors (Lipinski definition) is 3. The van der Waals surface area contributed by atoms with Gasteiger partial charge in [0.2, 0.25) is 5.91 Å². The smallest absolute Gasteiger partial charge is 0.422 e. The molecule has 2 unspecified atom stereocenters. The number of amides is 1. The van der Waals surface area contributed by atoms with Crippen LogP contribution in [0, 0.1) is 5.92 Å². The fraction of sp³-hybridized carbons (Fsp3) is 0.533. The summed E-state index contributed by atoms with van der Waals surface area (Å²) < 4.78 is 40.7. The van der Waals surface area contributed by atoms with E-state index in [1.54, 1.807) is 12.1 Å². The minimum atomic E-state index is -4.36. The van der Waals surface area contributed by atoms with Crippen molar-refractivity contribution in [3.8, 4) is 5.75 Å². The van der Waals surface area contributed by atoms with Crippen LogP contribution in [0.2, 0.25) is 0 Å². The van der Waals surface area contributed by atoms with E-state index in [0.29, 0.717) is 0 Å². The highest BCUT2D eigenvalue weighted by molar-refractivity contribution is 5.85. The molecule has 8 heteroatoms. The Bertz CT molecular complexity index is 481. The maximum Gasteiger partial charge on any atom is 0.422 e. The molecule has 2 atom stereocenters. The molecule has 3 N–H and O–H groups in total. The van der Waals surface area contributed by atoms with Crippen LogP contribution in [0.25, 0.3) is 0 Å². The summed E-state index contributed by atoms with van der Waals surface area (Å²) in [6.07, 6.45) is -3.56. The summed E-state index contributed by atoms with van der Waals surface area (Å²) in [7, 11) is 0. The summed E-state index contributed by atoms with van der Waals surface area (Å²) in [5.74, 6) is -0.0337. The molecule has 0 bridgehead atoms. The molecular formula is C15H22ClF3N2O2. The molecule has 0 saturated heterocycles. The molecule has 1 rings (SSSR count). The Morgan fingerprint density at radius 2 is 1.87 bits per heavy atom. The van der Waals surface area contributed by atoms with Gasteiger partial charge in [0.05, 0.1) is 6.04 Å². The first-order chi connectivity index (χ1) is 10.2. The second-order valence-electron chi connectivity index (χ2n) is 5.18. The first-order valence-electron chi connectivity index (χ1n) is 7.04. The SMILES string of the molecule is CCC(C)C(N)C(=O)NCc1ccc(OCC(F)(F)F)cc1.Cl. The van der Waals surface area contributed by atoms with Gasteiger partial charge in [-0.2, -0.15) is 13.2 Å². The van der Waals surface area contributed by atoms with Gasteiger partial charge in [0.25, 0.3) is 0 Å². The van der Waals surface area contributed by atoms with Gasteiger partial charge in [-0.25, -0.2) is 0 Å². The minimum Gasteiger partial charge on any atom is -0.484 e. The number of rotatable bonds is 7. The van der Waals surface area contributed by atoms with E-state index < -0.39 is 18.8 Å². The third-order valence-electron chi connectivity index (χ3n) is 3.35. The molecule has 1 amide bonds. The van der Waals surface area contributed by atoms with Gasteiger partial charge in [0, 0.05) is 6.54 Å². The third kappa shape index (κ3) is 8.08. The van der Waals surface area contributed by atoms with Gasteiger partial charge in [-0.15, -0.1) is 12.4 Å². The van der Waals surface area contributed by atoms with Crippen LogP contribution in [-0.2, 0) is 11.3 Å². The van der Waals surface area contributed by atoms with Gasteiger partial charge in [-0.3, -0.25) is 4.79 Å².